The van der Waals surface area contributed by atoms with Gasteiger partial charge in [0.1, 0.15) is 5.75 Å². The third kappa shape index (κ3) is 3.85. The number of methoxy groups -OCH3 is 1. The van der Waals surface area contributed by atoms with Crippen LogP contribution in [0.25, 0.3) is 17.3 Å². The van der Waals surface area contributed by atoms with Crippen LogP contribution < -0.4 is 10.1 Å². The third-order valence-corrected chi connectivity index (χ3v) is 4.00. The van der Waals surface area contributed by atoms with Gasteiger partial charge in [-0.1, -0.05) is 18.2 Å². The highest BCUT2D eigenvalue weighted by Crippen LogP contribution is 2.24. The fourth-order valence-electron chi connectivity index (χ4n) is 2.09. The van der Waals surface area contributed by atoms with E-state index in [1.807, 2.05) is 41.8 Å². The van der Waals surface area contributed by atoms with Gasteiger partial charge >= 0.3 is 0 Å². The Morgan fingerprint density at radius 3 is 2.92 bits per heavy atom. The molecule has 2 aromatic heterocycles. The molecule has 24 heavy (non-hydrogen) atoms. The predicted octanol–water partition coefficient (Wildman–Crippen LogP) is 3.87. The first-order valence-electron chi connectivity index (χ1n) is 7.24. The molecule has 1 N–H and O–H groups in total. The van der Waals surface area contributed by atoms with Gasteiger partial charge in [0, 0.05) is 35.0 Å². The minimum atomic E-state index is -0.243. The van der Waals surface area contributed by atoms with Crippen molar-refractivity contribution in [3.8, 4) is 17.0 Å². The molecular formula is C18H15N3O2S. The normalized spacial score (nSPS) is 10.7. The molecule has 3 aromatic rings. The number of rotatable bonds is 5. The van der Waals surface area contributed by atoms with Crippen LogP contribution in [-0.4, -0.2) is 23.0 Å². The lowest BCUT2D eigenvalue weighted by Gasteiger charge is -2.03. The number of thiazole rings is 1. The molecule has 0 saturated heterocycles. The van der Waals surface area contributed by atoms with E-state index >= 15 is 0 Å². The Balaban J connectivity index is 1.67. The van der Waals surface area contributed by atoms with Crippen molar-refractivity contribution >= 4 is 28.5 Å². The van der Waals surface area contributed by atoms with Gasteiger partial charge in [0.2, 0.25) is 5.91 Å². The lowest BCUT2D eigenvalue weighted by Crippen LogP contribution is -2.07. The van der Waals surface area contributed by atoms with Crippen LogP contribution in [0.1, 0.15) is 5.56 Å². The van der Waals surface area contributed by atoms with E-state index in [0.29, 0.717) is 5.13 Å². The largest absolute Gasteiger partial charge is 0.496 e. The second-order valence-corrected chi connectivity index (χ2v) is 5.70. The van der Waals surface area contributed by atoms with Crippen LogP contribution in [0.15, 0.2) is 60.2 Å². The molecule has 0 unspecified atom stereocenters. The number of aromatic nitrogens is 2. The quantitative estimate of drug-likeness (QED) is 0.718. The molecule has 0 aliphatic carbocycles. The summed E-state index contributed by atoms with van der Waals surface area (Å²) < 4.78 is 5.25. The molecule has 6 heteroatoms. The zero-order valence-electron chi connectivity index (χ0n) is 13.0. The molecule has 1 amide bonds. The summed E-state index contributed by atoms with van der Waals surface area (Å²) in [6.45, 7) is 0. The minimum absolute atomic E-state index is 0.243. The molecule has 120 valence electrons. The second kappa shape index (κ2) is 7.52. The van der Waals surface area contributed by atoms with Crippen molar-refractivity contribution in [3.63, 3.8) is 0 Å². The molecule has 5 nitrogen and oxygen atoms in total. The number of benzene rings is 1. The Hall–Kier alpha value is -2.99. The van der Waals surface area contributed by atoms with Gasteiger partial charge in [-0.05, 0) is 24.3 Å². The van der Waals surface area contributed by atoms with Crippen LogP contribution in [0.5, 0.6) is 5.75 Å². The van der Waals surface area contributed by atoms with E-state index in [4.69, 9.17) is 4.74 Å². The summed E-state index contributed by atoms with van der Waals surface area (Å²) in [5, 5.41) is 5.19. The molecule has 0 saturated carbocycles. The van der Waals surface area contributed by atoms with Gasteiger partial charge in [-0.2, -0.15) is 0 Å². The summed E-state index contributed by atoms with van der Waals surface area (Å²) in [6, 6.07) is 11.3. The molecule has 0 bridgehead atoms. The molecule has 0 aliphatic heterocycles. The summed E-state index contributed by atoms with van der Waals surface area (Å²) >= 11 is 1.37. The minimum Gasteiger partial charge on any atom is -0.496 e. The number of nitrogens with one attached hydrogen (secondary N) is 1. The third-order valence-electron chi connectivity index (χ3n) is 3.24. The van der Waals surface area contributed by atoms with Gasteiger partial charge in [0.15, 0.2) is 5.13 Å². The molecule has 0 spiro atoms. The van der Waals surface area contributed by atoms with Crippen molar-refractivity contribution in [3.05, 3.63) is 65.8 Å². The van der Waals surface area contributed by atoms with Crippen LogP contribution in [0.3, 0.4) is 0 Å². The molecule has 0 atom stereocenters. The average molecular weight is 337 g/mol. The number of hydrogen-bond donors (Lipinski definition) is 1. The molecule has 0 radical (unpaired) electrons. The number of amides is 1. The first kappa shape index (κ1) is 15.9. The molecular weight excluding hydrogens is 322 g/mol. The number of para-hydroxylation sites is 1. The maximum absolute atomic E-state index is 12.0. The number of nitrogens with zero attached hydrogens (tertiary/aromatic N) is 2. The van der Waals surface area contributed by atoms with E-state index in [2.05, 4.69) is 15.3 Å². The molecule has 3 rings (SSSR count). The van der Waals surface area contributed by atoms with Gasteiger partial charge in [-0.15, -0.1) is 11.3 Å². The standard InChI is InChI=1S/C18H15N3O2S/c1-23-16-7-3-2-5-13(16)8-9-17(22)21-18-20-15(12-24-18)14-6-4-10-19-11-14/h2-12H,1H3,(H,20,21,22)/b9-8+. The second-order valence-electron chi connectivity index (χ2n) is 4.84. The summed E-state index contributed by atoms with van der Waals surface area (Å²) in [7, 11) is 1.60. The molecule has 0 fully saturated rings. The molecule has 0 aliphatic rings. The Morgan fingerprint density at radius 1 is 1.25 bits per heavy atom. The summed E-state index contributed by atoms with van der Waals surface area (Å²) in [5.41, 5.74) is 2.54. The Kier molecular flexibility index (Phi) is 4.98. The molecule has 1 aromatic carbocycles. The van der Waals surface area contributed by atoms with Crippen LogP contribution in [-0.2, 0) is 4.79 Å². The maximum atomic E-state index is 12.0. The van der Waals surface area contributed by atoms with Crippen molar-refractivity contribution in [1.82, 2.24) is 9.97 Å². The van der Waals surface area contributed by atoms with Gasteiger partial charge in [-0.25, -0.2) is 4.98 Å². The number of carbonyl (C=O) groups excluding carboxylic acids is 1. The van der Waals surface area contributed by atoms with E-state index in [1.165, 1.54) is 17.4 Å². The Labute approximate surface area is 143 Å². The number of carbonyl (C=O) groups is 1. The van der Waals surface area contributed by atoms with E-state index in [1.54, 1.807) is 25.6 Å². The number of pyridine rings is 1. The summed E-state index contributed by atoms with van der Waals surface area (Å²) in [5.74, 6) is 0.475. The van der Waals surface area contributed by atoms with Crippen LogP contribution in [0.2, 0.25) is 0 Å². The van der Waals surface area contributed by atoms with Crippen molar-refractivity contribution in [2.24, 2.45) is 0 Å². The van der Waals surface area contributed by atoms with Crippen LogP contribution in [0, 0.1) is 0 Å². The zero-order valence-corrected chi connectivity index (χ0v) is 13.8. The number of anilines is 1. The zero-order chi connectivity index (χ0) is 16.8. The monoisotopic (exact) mass is 337 g/mol. The van der Waals surface area contributed by atoms with E-state index in [9.17, 15) is 4.79 Å². The number of hydrogen-bond acceptors (Lipinski definition) is 5. The highest BCUT2D eigenvalue weighted by Gasteiger charge is 2.06. The lowest BCUT2D eigenvalue weighted by atomic mass is 10.2. The first-order valence-corrected chi connectivity index (χ1v) is 8.12. The summed E-state index contributed by atoms with van der Waals surface area (Å²) in [6.07, 6.45) is 6.62. The van der Waals surface area contributed by atoms with E-state index in [-0.39, 0.29) is 5.91 Å². The van der Waals surface area contributed by atoms with Crippen molar-refractivity contribution in [1.29, 1.82) is 0 Å². The highest BCUT2D eigenvalue weighted by molar-refractivity contribution is 7.14. The van der Waals surface area contributed by atoms with Crippen molar-refractivity contribution < 1.29 is 9.53 Å². The van der Waals surface area contributed by atoms with Crippen LogP contribution >= 0.6 is 11.3 Å². The summed E-state index contributed by atoms with van der Waals surface area (Å²) in [4.78, 5) is 20.5. The van der Waals surface area contributed by atoms with Crippen LogP contribution in [0.4, 0.5) is 5.13 Å². The van der Waals surface area contributed by atoms with E-state index in [0.717, 1.165) is 22.6 Å². The van der Waals surface area contributed by atoms with Gasteiger partial charge in [-0.3, -0.25) is 15.1 Å². The highest BCUT2D eigenvalue weighted by atomic mass is 32.1. The van der Waals surface area contributed by atoms with Crippen molar-refractivity contribution in [2.45, 2.75) is 0 Å². The van der Waals surface area contributed by atoms with Crippen molar-refractivity contribution in [2.75, 3.05) is 12.4 Å². The van der Waals surface area contributed by atoms with Gasteiger partial charge in [0.05, 0.1) is 12.8 Å². The smallest absolute Gasteiger partial charge is 0.250 e. The first-order chi connectivity index (χ1) is 11.8. The van der Waals surface area contributed by atoms with E-state index < -0.39 is 0 Å². The Bertz CT molecular complexity index is 859. The lowest BCUT2D eigenvalue weighted by molar-refractivity contribution is -0.111. The Morgan fingerprint density at radius 2 is 2.12 bits per heavy atom. The topological polar surface area (TPSA) is 64.1 Å². The fourth-order valence-corrected chi connectivity index (χ4v) is 2.82. The fraction of sp³-hybridized carbons (Fsp3) is 0.0556. The van der Waals surface area contributed by atoms with Gasteiger partial charge in [0.25, 0.3) is 0 Å². The number of ether oxygens (including phenoxy) is 1. The maximum Gasteiger partial charge on any atom is 0.250 e. The van der Waals surface area contributed by atoms with Gasteiger partial charge < -0.3 is 4.74 Å². The average Bonchev–Trinajstić information content (AvgIpc) is 3.09. The molecule has 2 heterocycles. The predicted molar refractivity (Wildman–Crippen MR) is 96.0 cm³/mol. The SMILES string of the molecule is COc1ccccc1/C=C/C(=O)Nc1nc(-c2cccnc2)cs1.